The molecule has 0 aromatic rings. The van der Waals surface area contributed by atoms with Gasteiger partial charge in [-0.1, -0.05) is 0 Å². The average Bonchev–Trinajstić information content (AvgIpc) is 1.89. The van der Waals surface area contributed by atoms with Crippen LogP contribution in [0.25, 0.3) is 0 Å². The van der Waals surface area contributed by atoms with E-state index in [1.165, 1.54) is 12.5 Å². The van der Waals surface area contributed by atoms with Gasteiger partial charge in [-0.15, -0.1) is 0 Å². The maximum absolute atomic E-state index is 4.79. The summed E-state index contributed by atoms with van der Waals surface area (Å²) in [5, 5.41) is 0. The largest absolute Gasteiger partial charge is 0.498 e. The van der Waals surface area contributed by atoms with Crippen molar-refractivity contribution in [3.63, 3.8) is 0 Å². The van der Waals surface area contributed by atoms with Crippen molar-refractivity contribution in [3.8, 4) is 0 Å². The maximum atomic E-state index is 4.79. The highest BCUT2D eigenvalue weighted by Gasteiger charge is 1.73. The number of hydrogen-bond donors (Lipinski definition) is 0. The summed E-state index contributed by atoms with van der Waals surface area (Å²) in [6, 6.07) is 0. The van der Waals surface area contributed by atoms with Crippen LogP contribution in [-0.2, 0) is 14.5 Å². The normalized spacial score (nSPS) is 10.0. The Morgan fingerprint density at radius 2 is 1.89 bits per heavy atom. The van der Waals surface area contributed by atoms with E-state index in [9.17, 15) is 0 Å². The molecule has 0 N–H and O–H groups in total. The van der Waals surface area contributed by atoms with E-state index in [0.717, 1.165) is 0 Å². The molecule has 0 fully saturated rings. The first kappa shape index (κ1) is 8.30. The highest BCUT2D eigenvalue weighted by Crippen LogP contribution is 1.80. The SMILES string of the molecule is CCOC=COOCC. The summed E-state index contributed by atoms with van der Waals surface area (Å²) in [4.78, 5) is 8.99. The lowest BCUT2D eigenvalue weighted by Crippen LogP contribution is -1.85. The lowest BCUT2D eigenvalue weighted by atomic mass is 10.9. The van der Waals surface area contributed by atoms with Gasteiger partial charge in [0.05, 0.1) is 13.2 Å². The lowest BCUT2D eigenvalue weighted by molar-refractivity contribution is -0.245. The summed E-state index contributed by atoms with van der Waals surface area (Å²) in [5.74, 6) is 0. The molecule has 0 atom stereocenters. The molecule has 0 aromatic carbocycles. The third kappa shape index (κ3) is 7.30. The molecule has 3 nitrogen and oxygen atoms in total. The summed E-state index contributed by atoms with van der Waals surface area (Å²) in [6.07, 6.45) is 2.79. The lowest BCUT2D eigenvalue weighted by Gasteiger charge is -1.94. The van der Waals surface area contributed by atoms with Crippen LogP contribution in [0.5, 0.6) is 0 Å². The number of hydrogen-bond acceptors (Lipinski definition) is 3. The Morgan fingerprint density at radius 3 is 2.44 bits per heavy atom. The van der Waals surface area contributed by atoms with E-state index < -0.39 is 0 Å². The van der Waals surface area contributed by atoms with Crippen LogP contribution in [0.15, 0.2) is 12.5 Å². The number of ether oxygens (including phenoxy) is 1. The maximum Gasteiger partial charge on any atom is 0.163 e. The Balaban J connectivity index is 2.86. The van der Waals surface area contributed by atoms with Gasteiger partial charge in [0, 0.05) is 0 Å². The molecule has 0 radical (unpaired) electrons. The molecular formula is C6H12O3. The van der Waals surface area contributed by atoms with Crippen molar-refractivity contribution in [3.05, 3.63) is 12.5 Å². The van der Waals surface area contributed by atoms with Gasteiger partial charge in [-0.25, -0.2) is 0 Å². The number of rotatable bonds is 5. The van der Waals surface area contributed by atoms with Crippen molar-refractivity contribution in [1.29, 1.82) is 0 Å². The second-order valence-electron chi connectivity index (χ2n) is 1.23. The molecule has 9 heavy (non-hydrogen) atoms. The second kappa shape index (κ2) is 7.30. The van der Waals surface area contributed by atoms with Gasteiger partial charge in [0.25, 0.3) is 0 Å². The molecule has 0 bridgehead atoms. The van der Waals surface area contributed by atoms with Gasteiger partial charge in [0.2, 0.25) is 0 Å². The zero-order valence-corrected chi connectivity index (χ0v) is 5.79. The fourth-order valence-electron chi connectivity index (χ4n) is 0.266. The van der Waals surface area contributed by atoms with Gasteiger partial charge >= 0.3 is 0 Å². The van der Waals surface area contributed by atoms with Crippen molar-refractivity contribution < 1.29 is 14.5 Å². The molecule has 0 spiro atoms. The van der Waals surface area contributed by atoms with E-state index in [-0.39, 0.29) is 0 Å². The smallest absolute Gasteiger partial charge is 0.163 e. The van der Waals surface area contributed by atoms with Gasteiger partial charge < -0.3 is 9.62 Å². The molecule has 0 heterocycles. The molecule has 0 saturated heterocycles. The van der Waals surface area contributed by atoms with E-state index >= 15 is 0 Å². The molecular weight excluding hydrogens is 120 g/mol. The van der Waals surface area contributed by atoms with Crippen molar-refractivity contribution in [2.75, 3.05) is 13.2 Å². The van der Waals surface area contributed by atoms with Crippen LogP contribution in [0.3, 0.4) is 0 Å². The molecule has 0 saturated carbocycles. The summed E-state index contributed by atoms with van der Waals surface area (Å²) in [7, 11) is 0. The minimum Gasteiger partial charge on any atom is -0.498 e. The minimum atomic E-state index is 0.538. The predicted molar refractivity (Wildman–Crippen MR) is 33.5 cm³/mol. The first-order valence-corrected chi connectivity index (χ1v) is 2.96. The van der Waals surface area contributed by atoms with Crippen molar-refractivity contribution in [1.82, 2.24) is 0 Å². The monoisotopic (exact) mass is 132 g/mol. The van der Waals surface area contributed by atoms with Crippen LogP contribution >= 0.6 is 0 Å². The van der Waals surface area contributed by atoms with Crippen LogP contribution < -0.4 is 0 Å². The van der Waals surface area contributed by atoms with E-state index in [4.69, 9.17) is 4.74 Å². The van der Waals surface area contributed by atoms with Crippen LogP contribution in [0, 0.1) is 0 Å². The molecule has 0 unspecified atom stereocenters. The van der Waals surface area contributed by atoms with E-state index in [2.05, 4.69) is 9.78 Å². The van der Waals surface area contributed by atoms with E-state index in [1.54, 1.807) is 0 Å². The summed E-state index contributed by atoms with van der Waals surface area (Å²) >= 11 is 0. The molecule has 0 aliphatic rings. The Morgan fingerprint density at radius 1 is 1.11 bits per heavy atom. The van der Waals surface area contributed by atoms with Gasteiger partial charge in [0.1, 0.15) is 6.26 Å². The van der Waals surface area contributed by atoms with Gasteiger partial charge in [-0.2, -0.15) is 4.89 Å². The Kier molecular flexibility index (Phi) is 6.73. The van der Waals surface area contributed by atoms with Gasteiger partial charge in [0.15, 0.2) is 6.26 Å². The molecule has 54 valence electrons. The second-order valence-corrected chi connectivity index (χ2v) is 1.23. The highest BCUT2D eigenvalue weighted by molar-refractivity contribution is 4.57. The topological polar surface area (TPSA) is 27.7 Å². The Bertz CT molecular complexity index is 70.7. The first-order chi connectivity index (χ1) is 4.41. The molecule has 0 aliphatic carbocycles. The fraction of sp³-hybridized carbons (Fsp3) is 0.667. The van der Waals surface area contributed by atoms with Crippen LogP contribution in [0.2, 0.25) is 0 Å². The van der Waals surface area contributed by atoms with Gasteiger partial charge in [-0.05, 0) is 13.8 Å². The first-order valence-electron chi connectivity index (χ1n) is 2.96. The van der Waals surface area contributed by atoms with E-state index in [1.807, 2.05) is 13.8 Å². The zero-order valence-electron chi connectivity index (χ0n) is 5.79. The van der Waals surface area contributed by atoms with Crippen LogP contribution in [-0.4, -0.2) is 13.2 Å². The standard InChI is InChI=1S/C6H12O3/c1-3-7-5-6-9-8-4-2/h5-6H,3-4H2,1-2H3. The molecule has 0 aromatic heterocycles. The van der Waals surface area contributed by atoms with Gasteiger partial charge in [-0.3, -0.25) is 0 Å². The predicted octanol–water partition coefficient (Wildman–Crippen LogP) is 1.46. The Hall–Kier alpha value is -0.700. The summed E-state index contributed by atoms with van der Waals surface area (Å²) in [5.41, 5.74) is 0. The summed E-state index contributed by atoms with van der Waals surface area (Å²) in [6.45, 7) is 4.92. The molecule has 3 heteroatoms. The quantitative estimate of drug-likeness (QED) is 0.245. The highest BCUT2D eigenvalue weighted by atomic mass is 17.2. The van der Waals surface area contributed by atoms with Crippen LogP contribution in [0.1, 0.15) is 13.8 Å². The van der Waals surface area contributed by atoms with Crippen LogP contribution in [0.4, 0.5) is 0 Å². The Labute approximate surface area is 55.1 Å². The molecule has 0 amide bonds. The molecule has 0 aliphatic heterocycles. The third-order valence-corrected chi connectivity index (χ3v) is 0.560. The zero-order chi connectivity index (χ0) is 6.95. The fourth-order valence-corrected chi connectivity index (χ4v) is 0.266. The average molecular weight is 132 g/mol. The molecule has 0 rings (SSSR count). The third-order valence-electron chi connectivity index (χ3n) is 0.560. The minimum absolute atomic E-state index is 0.538. The summed E-state index contributed by atoms with van der Waals surface area (Å²) < 4.78 is 4.79. The van der Waals surface area contributed by atoms with Crippen molar-refractivity contribution in [2.24, 2.45) is 0 Å². The van der Waals surface area contributed by atoms with Crippen molar-refractivity contribution >= 4 is 0 Å². The van der Waals surface area contributed by atoms with Crippen molar-refractivity contribution in [2.45, 2.75) is 13.8 Å². The van der Waals surface area contributed by atoms with E-state index in [0.29, 0.717) is 13.2 Å².